The zero-order chi connectivity index (χ0) is 14.8. The van der Waals surface area contributed by atoms with Crippen LogP contribution in [0.4, 0.5) is 4.39 Å². The average molecular weight is 278 g/mol. The van der Waals surface area contributed by atoms with Gasteiger partial charge in [-0.2, -0.15) is 5.26 Å². The van der Waals surface area contributed by atoms with Crippen LogP contribution in [-0.4, -0.2) is 10.9 Å². The molecule has 0 amide bonds. The summed E-state index contributed by atoms with van der Waals surface area (Å²) in [5.41, 5.74) is 2.31. The summed E-state index contributed by atoms with van der Waals surface area (Å²) in [4.78, 5) is 10.9. The van der Waals surface area contributed by atoms with Crippen LogP contribution in [0, 0.1) is 17.1 Å². The van der Waals surface area contributed by atoms with Gasteiger partial charge < -0.3 is 4.57 Å². The third-order valence-corrected chi connectivity index (χ3v) is 3.45. The topological polar surface area (TPSA) is 45.8 Å². The SMILES string of the molecule is N#Cc1ccc(F)c(Cn2ccc3ccc(C=O)cc32)c1. The van der Waals surface area contributed by atoms with E-state index in [9.17, 15) is 9.18 Å². The van der Waals surface area contributed by atoms with Crippen LogP contribution in [-0.2, 0) is 6.54 Å². The highest BCUT2D eigenvalue weighted by Gasteiger charge is 2.07. The molecule has 0 unspecified atom stereocenters. The van der Waals surface area contributed by atoms with Crippen molar-refractivity contribution in [3.63, 3.8) is 0 Å². The average Bonchev–Trinajstić information content (AvgIpc) is 2.91. The van der Waals surface area contributed by atoms with Gasteiger partial charge in [-0.15, -0.1) is 0 Å². The van der Waals surface area contributed by atoms with Crippen molar-refractivity contribution in [3.05, 3.63) is 71.2 Å². The minimum Gasteiger partial charge on any atom is -0.343 e. The predicted octanol–water partition coefficient (Wildman–Crippen LogP) is 3.51. The van der Waals surface area contributed by atoms with E-state index in [0.717, 1.165) is 17.2 Å². The van der Waals surface area contributed by atoms with E-state index in [1.54, 1.807) is 18.2 Å². The summed E-state index contributed by atoms with van der Waals surface area (Å²) in [5.74, 6) is -0.345. The fourth-order valence-electron chi connectivity index (χ4n) is 2.36. The van der Waals surface area contributed by atoms with Crippen LogP contribution in [0.25, 0.3) is 10.9 Å². The highest BCUT2D eigenvalue weighted by Crippen LogP contribution is 2.20. The van der Waals surface area contributed by atoms with Gasteiger partial charge in [0.25, 0.3) is 0 Å². The van der Waals surface area contributed by atoms with Crippen molar-refractivity contribution in [1.29, 1.82) is 5.26 Å². The van der Waals surface area contributed by atoms with E-state index in [-0.39, 0.29) is 5.82 Å². The van der Waals surface area contributed by atoms with Gasteiger partial charge in [0.2, 0.25) is 0 Å². The molecular weight excluding hydrogens is 267 g/mol. The molecule has 3 aromatic rings. The Morgan fingerprint density at radius 2 is 2.05 bits per heavy atom. The number of benzene rings is 2. The van der Waals surface area contributed by atoms with Crippen LogP contribution in [0.15, 0.2) is 48.7 Å². The van der Waals surface area contributed by atoms with E-state index in [0.29, 0.717) is 23.2 Å². The van der Waals surface area contributed by atoms with Crippen molar-refractivity contribution in [3.8, 4) is 6.07 Å². The fourth-order valence-corrected chi connectivity index (χ4v) is 2.36. The zero-order valence-electron chi connectivity index (χ0n) is 11.1. The quantitative estimate of drug-likeness (QED) is 0.688. The Balaban J connectivity index is 2.06. The molecule has 0 saturated carbocycles. The maximum atomic E-state index is 13.9. The van der Waals surface area contributed by atoms with Gasteiger partial charge in [0, 0.05) is 22.8 Å². The lowest BCUT2D eigenvalue weighted by atomic mass is 10.1. The highest BCUT2D eigenvalue weighted by molar-refractivity contribution is 5.87. The Morgan fingerprint density at radius 3 is 2.81 bits per heavy atom. The first-order chi connectivity index (χ1) is 10.2. The number of hydrogen-bond donors (Lipinski definition) is 0. The van der Waals surface area contributed by atoms with E-state index < -0.39 is 0 Å². The minimum absolute atomic E-state index is 0.313. The summed E-state index contributed by atoms with van der Waals surface area (Å²) in [6.07, 6.45) is 2.63. The van der Waals surface area contributed by atoms with E-state index in [2.05, 4.69) is 0 Å². The summed E-state index contributed by atoms with van der Waals surface area (Å²) in [7, 11) is 0. The molecule has 102 valence electrons. The monoisotopic (exact) mass is 278 g/mol. The lowest BCUT2D eigenvalue weighted by molar-refractivity contribution is 0.112. The van der Waals surface area contributed by atoms with Gasteiger partial charge in [-0.3, -0.25) is 4.79 Å². The summed E-state index contributed by atoms with van der Waals surface area (Å²) in [5, 5.41) is 9.88. The van der Waals surface area contributed by atoms with Crippen molar-refractivity contribution >= 4 is 17.2 Å². The Labute approximate surface area is 120 Å². The van der Waals surface area contributed by atoms with E-state index >= 15 is 0 Å². The van der Waals surface area contributed by atoms with Gasteiger partial charge in [-0.25, -0.2) is 4.39 Å². The molecule has 0 aliphatic carbocycles. The van der Waals surface area contributed by atoms with Crippen molar-refractivity contribution in [2.75, 3.05) is 0 Å². The van der Waals surface area contributed by atoms with Gasteiger partial charge in [0.15, 0.2) is 0 Å². The molecule has 0 spiro atoms. The van der Waals surface area contributed by atoms with Crippen LogP contribution in [0.1, 0.15) is 21.5 Å². The molecule has 2 aromatic carbocycles. The summed E-state index contributed by atoms with van der Waals surface area (Å²) >= 11 is 0. The molecule has 4 heteroatoms. The first kappa shape index (κ1) is 13.1. The minimum atomic E-state index is -0.345. The Hall–Kier alpha value is -2.93. The van der Waals surface area contributed by atoms with E-state index in [1.165, 1.54) is 12.1 Å². The molecule has 21 heavy (non-hydrogen) atoms. The lowest BCUT2D eigenvalue weighted by Crippen LogP contribution is -2.01. The van der Waals surface area contributed by atoms with Crippen LogP contribution in [0.5, 0.6) is 0 Å². The fraction of sp³-hybridized carbons (Fsp3) is 0.0588. The number of nitriles is 1. The molecule has 0 aliphatic rings. The van der Waals surface area contributed by atoms with Crippen molar-refractivity contribution in [1.82, 2.24) is 4.57 Å². The van der Waals surface area contributed by atoms with Crippen LogP contribution in [0.3, 0.4) is 0 Å². The number of hydrogen-bond acceptors (Lipinski definition) is 2. The number of halogens is 1. The number of fused-ring (bicyclic) bond motifs is 1. The molecule has 1 heterocycles. The van der Waals surface area contributed by atoms with Crippen LogP contribution < -0.4 is 0 Å². The third-order valence-electron chi connectivity index (χ3n) is 3.45. The maximum Gasteiger partial charge on any atom is 0.150 e. The van der Waals surface area contributed by atoms with Gasteiger partial charge in [-0.1, -0.05) is 12.1 Å². The number of aldehydes is 1. The molecule has 0 bridgehead atoms. The Kier molecular flexibility index (Phi) is 3.25. The molecule has 0 aliphatic heterocycles. The van der Waals surface area contributed by atoms with E-state index in [4.69, 9.17) is 5.26 Å². The molecule has 1 aromatic heterocycles. The lowest BCUT2D eigenvalue weighted by Gasteiger charge is -2.07. The van der Waals surface area contributed by atoms with Gasteiger partial charge >= 0.3 is 0 Å². The number of rotatable bonds is 3. The standard InChI is InChI=1S/C17H11FN2O/c18-16-4-2-12(9-19)7-15(16)10-20-6-5-14-3-1-13(11-21)8-17(14)20/h1-8,11H,10H2. The predicted molar refractivity (Wildman–Crippen MR) is 77.5 cm³/mol. The molecule has 0 radical (unpaired) electrons. The molecule has 0 atom stereocenters. The second-order valence-electron chi connectivity index (χ2n) is 4.80. The number of nitrogens with zero attached hydrogens (tertiary/aromatic N) is 2. The summed E-state index contributed by atoms with van der Waals surface area (Å²) in [6, 6.07) is 13.6. The van der Waals surface area contributed by atoms with Crippen molar-refractivity contribution < 1.29 is 9.18 Å². The number of carbonyl (C=O) groups excluding carboxylic acids is 1. The molecule has 0 fully saturated rings. The van der Waals surface area contributed by atoms with Crippen molar-refractivity contribution in [2.45, 2.75) is 6.54 Å². The highest BCUT2D eigenvalue weighted by atomic mass is 19.1. The summed E-state index contributed by atoms with van der Waals surface area (Å²) < 4.78 is 15.7. The van der Waals surface area contributed by atoms with Gasteiger partial charge in [0.05, 0.1) is 18.2 Å². The largest absolute Gasteiger partial charge is 0.343 e. The molecule has 0 N–H and O–H groups in total. The van der Waals surface area contributed by atoms with Gasteiger partial charge in [-0.05, 0) is 35.7 Å². The number of carbonyl (C=O) groups is 1. The Bertz CT molecular complexity index is 874. The maximum absolute atomic E-state index is 13.9. The third kappa shape index (κ3) is 2.41. The molecular formula is C17H11FN2O. The first-order valence-electron chi connectivity index (χ1n) is 6.44. The zero-order valence-corrected chi connectivity index (χ0v) is 11.1. The molecule has 0 saturated heterocycles. The second kappa shape index (κ2) is 5.22. The summed E-state index contributed by atoms with van der Waals surface area (Å²) in [6.45, 7) is 0.313. The van der Waals surface area contributed by atoms with Crippen LogP contribution >= 0.6 is 0 Å². The second-order valence-corrected chi connectivity index (χ2v) is 4.80. The van der Waals surface area contributed by atoms with Crippen molar-refractivity contribution in [2.24, 2.45) is 0 Å². The molecule has 3 rings (SSSR count). The first-order valence-corrected chi connectivity index (χ1v) is 6.44. The number of aromatic nitrogens is 1. The smallest absolute Gasteiger partial charge is 0.150 e. The normalized spacial score (nSPS) is 10.5. The molecule has 3 nitrogen and oxygen atoms in total. The Morgan fingerprint density at radius 1 is 1.19 bits per heavy atom. The van der Waals surface area contributed by atoms with Crippen LogP contribution in [0.2, 0.25) is 0 Å². The van der Waals surface area contributed by atoms with E-state index in [1.807, 2.05) is 29.0 Å². The van der Waals surface area contributed by atoms with Gasteiger partial charge in [0.1, 0.15) is 12.1 Å².